The number of benzene rings is 1. The van der Waals surface area contributed by atoms with E-state index in [-0.39, 0.29) is 18.1 Å². The van der Waals surface area contributed by atoms with E-state index in [1.165, 1.54) is 19.3 Å². The van der Waals surface area contributed by atoms with Crippen LogP contribution in [-0.4, -0.2) is 32.9 Å². The molecule has 182 valence electrons. The van der Waals surface area contributed by atoms with Crippen molar-refractivity contribution in [1.29, 1.82) is 0 Å². The number of carbonyl (C=O) groups excluding carboxylic acids is 1. The van der Waals surface area contributed by atoms with Gasteiger partial charge in [0.15, 0.2) is 5.69 Å². The second-order valence-electron chi connectivity index (χ2n) is 10.7. The summed E-state index contributed by atoms with van der Waals surface area (Å²) in [6.45, 7) is 2.74. The van der Waals surface area contributed by atoms with Crippen molar-refractivity contribution in [3.63, 3.8) is 0 Å². The fourth-order valence-electron chi connectivity index (χ4n) is 7.13. The molecular formula is C26H34N4O4. The molecule has 4 aliphatic carbocycles. The Labute approximate surface area is 200 Å². The van der Waals surface area contributed by atoms with E-state index in [1.807, 2.05) is 41.9 Å². The first-order valence-corrected chi connectivity index (χ1v) is 12.6. The number of aryl methyl sites for hydroxylation is 1. The average molecular weight is 467 g/mol. The summed E-state index contributed by atoms with van der Waals surface area (Å²) >= 11 is 0. The van der Waals surface area contributed by atoms with Gasteiger partial charge in [-0.25, -0.2) is 0 Å². The Kier molecular flexibility index (Phi) is 6.32. The molecule has 4 aliphatic rings. The predicted octanol–water partition coefficient (Wildman–Crippen LogP) is 4.94. The van der Waals surface area contributed by atoms with Gasteiger partial charge in [0, 0.05) is 23.2 Å². The van der Waals surface area contributed by atoms with Crippen molar-refractivity contribution in [2.45, 2.75) is 76.8 Å². The number of hydrogen-bond acceptors (Lipinski definition) is 5. The third-order valence-electron chi connectivity index (χ3n) is 8.08. The van der Waals surface area contributed by atoms with Crippen LogP contribution in [0.3, 0.4) is 0 Å². The number of nitrogens with one attached hydrogen (secondary N) is 1. The molecule has 0 radical (unpaired) electrons. The van der Waals surface area contributed by atoms with Crippen LogP contribution in [0.5, 0.6) is 0 Å². The lowest BCUT2D eigenvalue weighted by Gasteiger charge is -2.56. The molecule has 8 heteroatoms. The maximum Gasteiger partial charge on any atom is 0.294 e. The minimum Gasteiger partial charge on any atom is -0.345 e. The molecule has 0 saturated heterocycles. The Morgan fingerprint density at radius 2 is 1.76 bits per heavy atom. The number of nitrogens with zero attached hydrogens (tertiary/aromatic N) is 3. The lowest BCUT2D eigenvalue weighted by molar-refractivity contribution is -0.757. The molecular weight excluding hydrogens is 432 g/mol. The van der Waals surface area contributed by atoms with E-state index >= 15 is 0 Å². The van der Waals surface area contributed by atoms with Gasteiger partial charge in [0.1, 0.15) is 0 Å². The molecule has 2 aromatic rings. The van der Waals surface area contributed by atoms with Gasteiger partial charge in [-0.1, -0.05) is 30.3 Å². The number of unbranched alkanes of at least 4 members (excludes halogenated alkanes) is 2. The molecule has 6 rings (SSSR count). The predicted molar refractivity (Wildman–Crippen MR) is 128 cm³/mol. The summed E-state index contributed by atoms with van der Waals surface area (Å²) in [6.07, 6.45) is 9.57. The molecule has 8 nitrogen and oxygen atoms in total. The first-order chi connectivity index (χ1) is 16.4. The molecule has 0 atom stereocenters. The second kappa shape index (κ2) is 9.39. The Balaban J connectivity index is 1.33. The van der Waals surface area contributed by atoms with Crippen LogP contribution in [-0.2, 0) is 11.4 Å². The molecule has 0 spiro atoms. The number of carbonyl (C=O) groups is 1. The second-order valence-corrected chi connectivity index (χ2v) is 10.7. The van der Waals surface area contributed by atoms with E-state index in [0.717, 1.165) is 66.7 Å². The van der Waals surface area contributed by atoms with Gasteiger partial charge >= 0.3 is 0 Å². The van der Waals surface area contributed by atoms with Gasteiger partial charge in [0.05, 0.1) is 12.3 Å². The van der Waals surface area contributed by atoms with Crippen LogP contribution in [0, 0.1) is 34.8 Å². The molecule has 1 aromatic heterocycles. The highest BCUT2D eigenvalue weighted by Crippen LogP contribution is 2.55. The van der Waals surface area contributed by atoms with Crippen molar-refractivity contribution >= 4 is 5.91 Å². The first kappa shape index (κ1) is 22.9. The lowest BCUT2D eigenvalue weighted by atomic mass is 9.53. The van der Waals surface area contributed by atoms with Gasteiger partial charge in [0.2, 0.25) is 0 Å². The van der Waals surface area contributed by atoms with Crippen LogP contribution in [0.4, 0.5) is 0 Å². The summed E-state index contributed by atoms with van der Waals surface area (Å²) in [5.74, 6) is 2.26. The maximum atomic E-state index is 13.6. The van der Waals surface area contributed by atoms with Crippen LogP contribution in [0.1, 0.15) is 73.8 Å². The van der Waals surface area contributed by atoms with Gasteiger partial charge in [-0.15, -0.1) is 10.1 Å². The Bertz CT molecular complexity index is 1010. The lowest BCUT2D eigenvalue weighted by Crippen LogP contribution is -2.59. The van der Waals surface area contributed by atoms with Gasteiger partial charge in [-0.05, 0) is 82.5 Å². The average Bonchev–Trinajstić information content (AvgIpc) is 3.11. The number of aromatic nitrogens is 2. The van der Waals surface area contributed by atoms with Crippen LogP contribution in [0.15, 0.2) is 30.3 Å². The molecule has 1 heterocycles. The van der Waals surface area contributed by atoms with E-state index < -0.39 is 5.09 Å². The largest absolute Gasteiger partial charge is 0.345 e. The topological polar surface area (TPSA) is 99.3 Å². The molecule has 1 amide bonds. The summed E-state index contributed by atoms with van der Waals surface area (Å²) in [4.78, 5) is 28.3. The minimum atomic E-state index is -0.751. The smallest absolute Gasteiger partial charge is 0.294 e. The summed E-state index contributed by atoms with van der Waals surface area (Å²) in [7, 11) is 0. The van der Waals surface area contributed by atoms with Crippen LogP contribution >= 0.6 is 0 Å². The van der Waals surface area contributed by atoms with Crippen molar-refractivity contribution in [1.82, 2.24) is 15.1 Å². The molecule has 4 bridgehead atoms. The van der Waals surface area contributed by atoms with Crippen molar-refractivity contribution in [3.8, 4) is 11.3 Å². The van der Waals surface area contributed by atoms with Crippen molar-refractivity contribution in [2.75, 3.05) is 6.61 Å². The van der Waals surface area contributed by atoms with Crippen LogP contribution in [0.25, 0.3) is 11.3 Å². The highest BCUT2D eigenvalue weighted by Gasteiger charge is 2.51. The number of hydrogen-bond donors (Lipinski definition) is 1. The van der Waals surface area contributed by atoms with Gasteiger partial charge in [0.25, 0.3) is 11.0 Å². The molecule has 0 aliphatic heterocycles. The SMILES string of the molecule is Cc1c(C(=O)NC23CC4CC(CC(C4)C2)C3)nn(CCCCCO[N+](=O)[O-])c1-c1ccccc1. The summed E-state index contributed by atoms with van der Waals surface area (Å²) in [5.41, 5.74) is 3.39. The molecule has 34 heavy (non-hydrogen) atoms. The van der Waals surface area contributed by atoms with Crippen molar-refractivity contribution < 1.29 is 14.7 Å². The quantitative estimate of drug-likeness (QED) is 0.304. The normalized spacial score (nSPS) is 27.0. The van der Waals surface area contributed by atoms with Gasteiger partial charge in [-0.3, -0.25) is 9.48 Å². The zero-order valence-corrected chi connectivity index (χ0v) is 19.9. The minimum absolute atomic E-state index is 0.0465. The van der Waals surface area contributed by atoms with Crippen LogP contribution < -0.4 is 5.32 Å². The van der Waals surface area contributed by atoms with Gasteiger partial charge in [-0.2, -0.15) is 5.10 Å². The van der Waals surface area contributed by atoms with Crippen LogP contribution in [0.2, 0.25) is 0 Å². The summed E-state index contributed by atoms with van der Waals surface area (Å²) in [6, 6.07) is 10.1. The Morgan fingerprint density at radius 1 is 1.12 bits per heavy atom. The third kappa shape index (κ3) is 4.68. The highest BCUT2D eigenvalue weighted by atomic mass is 16.9. The van der Waals surface area contributed by atoms with Gasteiger partial charge < -0.3 is 10.2 Å². The van der Waals surface area contributed by atoms with E-state index in [2.05, 4.69) is 10.2 Å². The fraction of sp³-hybridized carbons (Fsp3) is 0.615. The monoisotopic (exact) mass is 466 g/mol. The number of rotatable bonds is 10. The third-order valence-corrected chi connectivity index (χ3v) is 8.08. The van der Waals surface area contributed by atoms with E-state index in [4.69, 9.17) is 5.10 Å². The first-order valence-electron chi connectivity index (χ1n) is 12.6. The van der Waals surface area contributed by atoms with Crippen molar-refractivity contribution in [2.24, 2.45) is 17.8 Å². The maximum absolute atomic E-state index is 13.6. The van der Waals surface area contributed by atoms with E-state index in [1.54, 1.807) is 0 Å². The van der Waals surface area contributed by atoms with E-state index in [0.29, 0.717) is 18.7 Å². The van der Waals surface area contributed by atoms with E-state index in [9.17, 15) is 14.9 Å². The standard InChI is InChI=1S/C26H34N4O4/c1-18-23(25(31)27-26-15-19-12-20(16-26)14-21(13-19)17-26)28-29(10-6-3-7-11-34-30(32)33)24(18)22-8-4-2-5-9-22/h2,4-5,8-9,19-21H,3,6-7,10-17H2,1H3,(H,27,31). The molecule has 1 N–H and O–H groups in total. The fourth-order valence-corrected chi connectivity index (χ4v) is 7.13. The molecule has 4 fully saturated rings. The Morgan fingerprint density at radius 3 is 2.38 bits per heavy atom. The molecule has 0 unspecified atom stereocenters. The zero-order valence-electron chi connectivity index (χ0n) is 19.9. The highest BCUT2D eigenvalue weighted by molar-refractivity contribution is 5.96. The Hall–Kier alpha value is -2.90. The van der Waals surface area contributed by atoms with Crippen molar-refractivity contribution in [3.05, 3.63) is 51.7 Å². The molecule has 1 aromatic carbocycles. The summed E-state index contributed by atoms with van der Waals surface area (Å²) < 4.78 is 1.94. The molecule has 4 saturated carbocycles. The zero-order chi connectivity index (χ0) is 23.7. The number of amides is 1. The summed E-state index contributed by atoms with van der Waals surface area (Å²) in [5, 5.41) is 17.8.